The zero-order chi connectivity index (χ0) is 27.4. The van der Waals surface area contributed by atoms with Gasteiger partial charge < -0.3 is 15.0 Å². The van der Waals surface area contributed by atoms with E-state index in [4.69, 9.17) is 9.72 Å². The Bertz CT molecular complexity index is 1620. The van der Waals surface area contributed by atoms with Crippen LogP contribution in [0, 0.1) is 18.6 Å². The molecule has 5 rings (SSSR count). The van der Waals surface area contributed by atoms with Gasteiger partial charge in [-0.05, 0) is 37.8 Å². The molecule has 0 unspecified atom stereocenters. The smallest absolute Gasteiger partial charge is 0.242 e. The maximum atomic E-state index is 15.1. The first-order valence-electron chi connectivity index (χ1n) is 11.7. The van der Waals surface area contributed by atoms with Crippen LogP contribution in [0.2, 0.25) is 0 Å². The third kappa shape index (κ3) is 4.78. The fraction of sp³-hybridized carbons (Fsp3) is 0.333. The van der Waals surface area contributed by atoms with Gasteiger partial charge in [0.2, 0.25) is 11.8 Å². The molecule has 11 nitrogen and oxygen atoms in total. The predicted octanol–water partition coefficient (Wildman–Crippen LogP) is 3.99. The van der Waals surface area contributed by atoms with Crippen molar-refractivity contribution >= 4 is 33.1 Å². The Morgan fingerprint density at radius 3 is 2.42 bits per heavy atom. The zero-order valence-corrected chi connectivity index (χ0v) is 22.2. The second-order valence-corrected chi connectivity index (χ2v) is 11.3. The van der Waals surface area contributed by atoms with Gasteiger partial charge in [-0.3, -0.25) is 9.78 Å². The summed E-state index contributed by atoms with van der Waals surface area (Å²) in [5.74, 6) is -0.755. The number of rotatable bonds is 8. The molecular weight excluding hydrogens is 518 g/mol. The highest BCUT2D eigenvalue weighted by Crippen LogP contribution is 2.49. The van der Waals surface area contributed by atoms with E-state index >= 15 is 8.78 Å². The summed E-state index contributed by atoms with van der Waals surface area (Å²) in [6.07, 6.45) is 4.46. The number of nitrogens with one attached hydrogen (secondary N) is 2. The van der Waals surface area contributed by atoms with Gasteiger partial charge in [-0.1, -0.05) is 0 Å². The van der Waals surface area contributed by atoms with Crippen LogP contribution in [0.1, 0.15) is 30.0 Å². The van der Waals surface area contributed by atoms with Crippen LogP contribution in [0.25, 0.3) is 11.3 Å². The molecule has 14 heteroatoms. The van der Waals surface area contributed by atoms with Gasteiger partial charge in [-0.15, -0.1) is 5.10 Å². The van der Waals surface area contributed by atoms with Crippen molar-refractivity contribution in [3.8, 4) is 17.1 Å². The van der Waals surface area contributed by atoms with Gasteiger partial charge in [0, 0.05) is 43.9 Å². The molecule has 0 bridgehead atoms. The predicted molar refractivity (Wildman–Crippen MR) is 137 cm³/mol. The highest BCUT2D eigenvalue weighted by molar-refractivity contribution is 7.90. The van der Waals surface area contributed by atoms with E-state index in [1.54, 1.807) is 24.0 Å². The number of hydrogen-bond acceptors (Lipinski definition) is 9. The topological polar surface area (TPSA) is 131 Å². The van der Waals surface area contributed by atoms with Crippen molar-refractivity contribution in [2.75, 3.05) is 30.6 Å². The molecule has 0 atom stereocenters. The van der Waals surface area contributed by atoms with Crippen LogP contribution >= 0.6 is 0 Å². The lowest BCUT2D eigenvalue weighted by atomic mass is 10.0. The lowest BCUT2D eigenvalue weighted by Gasteiger charge is -2.22. The van der Waals surface area contributed by atoms with E-state index in [1.807, 2.05) is 6.92 Å². The van der Waals surface area contributed by atoms with Gasteiger partial charge >= 0.3 is 0 Å². The van der Waals surface area contributed by atoms with E-state index in [-0.39, 0.29) is 11.9 Å². The van der Waals surface area contributed by atoms with E-state index < -0.39 is 32.1 Å². The molecule has 1 fully saturated rings. The molecule has 1 aromatic carbocycles. The second kappa shape index (κ2) is 9.35. The number of nitrogens with zero attached hydrogens (tertiary/aromatic N) is 6. The number of aromatic amines is 1. The molecule has 0 spiro atoms. The Hall–Kier alpha value is -4.07. The lowest BCUT2D eigenvalue weighted by molar-refractivity contribution is 0.393. The summed E-state index contributed by atoms with van der Waals surface area (Å²) in [5.41, 5.74) is 2.22. The Labute approximate surface area is 217 Å². The highest BCUT2D eigenvalue weighted by atomic mass is 32.2. The number of sulfone groups is 1. The largest absolute Gasteiger partial charge is 0.479 e. The van der Waals surface area contributed by atoms with Crippen molar-refractivity contribution in [2.45, 2.75) is 30.6 Å². The van der Waals surface area contributed by atoms with Crippen molar-refractivity contribution in [3.05, 3.63) is 47.3 Å². The summed E-state index contributed by atoms with van der Waals surface area (Å²) in [6, 6.07) is 3.36. The minimum absolute atomic E-state index is 0.0324. The minimum atomic E-state index is -3.82. The number of halogens is 2. The molecule has 1 aliphatic carbocycles. The summed E-state index contributed by atoms with van der Waals surface area (Å²) in [6.45, 7) is 1.86. The van der Waals surface area contributed by atoms with Crippen LogP contribution in [0.5, 0.6) is 5.88 Å². The molecule has 200 valence electrons. The van der Waals surface area contributed by atoms with Gasteiger partial charge in [0.15, 0.2) is 27.3 Å². The highest BCUT2D eigenvalue weighted by Gasteiger charge is 2.34. The van der Waals surface area contributed by atoms with Crippen LogP contribution in [0.4, 0.5) is 32.1 Å². The fourth-order valence-corrected chi connectivity index (χ4v) is 4.86. The van der Waals surface area contributed by atoms with E-state index in [0.717, 1.165) is 47.4 Å². The van der Waals surface area contributed by atoms with Crippen LogP contribution < -0.4 is 15.0 Å². The average Bonchev–Trinajstić information content (AvgIpc) is 3.49. The Morgan fingerprint density at radius 1 is 1.18 bits per heavy atom. The van der Waals surface area contributed by atoms with Crippen molar-refractivity contribution in [1.29, 1.82) is 0 Å². The lowest BCUT2D eigenvalue weighted by Crippen LogP contribution is -2.19. The van der Waals surface area contributed by atoms with Gasteiger partial charge in [0.25, 0.3) is 0 Å². The van der Waals surface area contributed by atoms with Crippen LogP contribution in [0.3, 0.4) is 0 Å². The molecule has 0 saturated heterocycles. The number of methoxy groups -OCH3 is 1. The third-order valence-corrected chi connectivity index (χ3v) is 7.26. The first kappa shape index (κ1) is 25.6. The first-order valence-corrected chi connectivity index (χ1v) is 13.6. The molecule has 0 amide bonds. The maximum Gasteiger partial charge on any atom is 0.242 e. The van der Waals surface area contributed by atoms with Crippen molar-refractivity contribution in [2.24, 2.45) is 7.05 Å². The molecule has 4 aromatic rings. The van der Waals surface area contributed by atoms with Crippen molar-refractivity contribution < 1.29 is 21.9 Å². The van der Waals surface area contributed by atoms with Gasteiger partial charge in [0.05, 0.1) is 23.3 Å². The first-order chi connectivity index (χ1) is 18.0. The number of ether oxygens (including phenoxy) is 1. The quantitative estimate of drug-likeness (QED) is 0.338. The normalized spacial score (nSPS) is 13.6. The van der Waals surface area contributed by atoms with Crippen molar-refractivity contribution in [3.63, 3.8) is 0 Å². The van der Waals surface area contributed by atoms with E-state index in [2.05, 4.69) is 25.6 Å². The van der Waals surface area contributed by atoms with E-state index in [0.29, 0.717) is 28.8 Å². The maximum absolute atomic E-state index is 15.1. The number of anilines is 4. The van der Waals surface area contributed by atoms with Gasteiger partial charge in [0.1, 0.15) is 11.5 Å². The van der Waals surface area contributed by atoms with Crippen LogP contribution in [0.15, 0.2) is 29.3 Å². The number of H-pyrrole nitrogens is 1. The van der Waals surface area contributed by atoms with Crippen LogP contribution in [-0.4, -0.2) is 58.8 Å². The number of hydrogen-bond donors (Lipinski definition) is 2. The summed E-state index contributed by atoms with van der Waals surface area (Å²) in [7, 11) is 0.823. The molecule has 3 heterocycles. The van der Waals surface area contributed by atoms with Crippen LogP contribution in [-0.2, 0) is 16.9 Å². The summed E-state index contributed by atoms with van der Waals surface area (Å²) in [5, 5.41) is 14.7. The number of aryl methyl sites for hydroxylation is 2. The summed E-state index contributed by atoms with van der Waals surface area (Å²) >= 11 is 0. The number of benzene rings is 1. The Balaban J connectivity index is 1.72. The fourth-order valence-electron chi connectivity index (χ4n) is 4.23. The molecule has 3 aromatic heterocycles. The second-order valence-electron chi connectivity index (χ2n) is 9.26. The van der Waals surface area contributed by atoms with E-state index in [9.17, 15) is 8.42 Å². The molecular formula is C24H26F2N8O3S. The van der Waals surface area contributed by atoms with E-state index in [1.165, 1.54) is 14.2 Å². The molecule has 0 aliphatic heterocycles. The standard InChI is InChI=1S/C24H26F2N8O3S/c1-12-8-18(31-30-12)27-22-19(13-6-7-13)20(15-11-33(2)32-23(15)37-4)28-24(29-22)34(3)21-16(25)9-14(10-17(21)26)38(5,35)36/h8-11,13H,6-7H2,1-5H3,(H2,27,28,29,30,31). The molecule has 0 radical (unpaired) electrons. The minimum Gasteiger partial charge on any atom is -0.479 e. The third-order valence-electron chi connectivity index (χ3n) is 6.17. The monoisotopic (exact) mass is 544 g/mol. The summed E-state index contributed by atoms with van der Waals surface area (Å²) < 4.78 is 61.1. The number of aromatic nitrogens is 6. The van der Waals surface area contributed by atoms with Gasteiger partial charge in [-0.2, -0.15) is 10.1 Å². The van der Waals surface area contributed by atoms with Gasteiger partial charge in [-0.25, -0.2) is 22.2 Å². The molecule has 38 heavy (non-hydrogen) atoms. The Morgan fingerprint density at radius 2 is 1.87 bits per heavy atom. The molecule has 1 aliphatic rings. The zero-order valence-electron chi connectivity index (χ0n) is 21.4. The SMILES string of the molecule is COc1nn(C)cc1-c1nc(N(C)c2c(F)cc(S(C)(=O)=O)cc2F)nc(Nc2cc(C)[nH]n2)c1C1CC1. The summed E-state index contributed by atoms with van der Waals surface area (Å²) in [4.78, 5) is 10.0. The Kier molecular flexibility index (Phi) is 6.29. The average molecular weight is 545 g/mol. The van der Waals surface area contributed by atoms with Crippen molar-refractivity contribution in [1.82, 2.24) is 29.9 Å². The molecule has 2 N–H and O–H groups in total. The molecule has 1 saturated carbocycles.